The summed E-state index contributed by atoms with van der Waals surface area (Å²) in [5, 5.41) is 13.0. The highest BCUT2D eigenvalue weighted by Gasteiger charge is 2.16. The Bertz CT molecular complexity index is 332. The van der Waals surface area contributed by atoms with E-state index in [4.69, 9.17) is 4.74 Å². The van der Waals surface area contributed by atoms with Gasteiger partial charge < -0.3 is 15.2 Å². The molecule has 1 aromatic carbocycles. The van der Waals surface area contributed by atoms with Crippen molar-refractivity contribution in [3.05, 3.63) is 23.8 Å². The maximum Gasteiger partial charge on any atom is 0.119 e. The van der Waals surface area contributed by atoms with Crippen molar-refractivity contribution in [2.45, 2.75) is 12.8 Å². The molecule has 15 heavy (non-hydrogen) atoms. The van der Waals surface area contributed by atoms with Crippen LogP contribution >= 0.6 is 0 Å². The van der Waals surface area contributed by atoms with E-state index < -0.39 is 0 Å². The Morgan fingerprint density at radius 1 is 1.53 bits per heavy atom. The third-order valence-corrected chi connectivity index (χ3v) is 2.96. The Balaban J connectivity index is 2.11. The van der Waals surface area contributed by atoms with Crippen molar-refractivity contribution in [2.75, 3.05) is 20.2 Å². The average molecular weight is 207 g/mol. The predicted octanol–water partition coefficient (Wildman–Crippen LogP) is 1.55. The van der Waals surface area contributed by atoms with Crippen molar-refractivity contribution >= 4 is 0 Å². The number of aromatic hydroxyl groups is 1. The van der Waals surface area contributed by atoms with E-state index in [9.17, 15) is 5.11 Å². The molecule has 1 heterocycles. The van der Waals surface area contributed by atoms with Crippen LogP contribution < -0.4 is 10.1 Å². The van der Waals surface area contributed by atoms with Crippen molar-refractivity contribution < 1.29 is 9.84 Å². The molecule has 1 atom stereocenters. The van der Waals surface area contributed by atoms with Crippen LogP contribution in [0.1, 0.15) is 12.0 Å². The molecule has 1 fully saturated rings. The summed E-state index contributed by atoms with van der Waals surface area (Å²) in [6.07, 6.45) is 2.12. The van der Waals surface area contributed by atoms with Crippen LogP contribution in [0.25, 0.3) is 0 Å². The van der Waals surface area contributed by atoms with E-state index in [-0.39, 0.29) is 0 Å². The molecular weight excluding hydrogens is 190 g/mol. The summed E-state index contributed by atoms with van der Waals surface area (Å²) >= 11 is 0. The van der Waals surface area contributed by atoms with Gasteiger partial charge in [-0.15, -0.1) is 0 Å². The third kappa shape index (κ3) is 2.42. The summed E-state index contributed by atoms with van der Waals surface area (Å²) in [6.45, 7) is 2.14. The summed E-state index contributed by atoms with van der Waals surface area (Å²) in [7, 11) is 1.65. The average Bonchev–Trinajstić information content (AvgIpc) is 2.74. The van der Waals surface area contributed by atoms with E-state index in [1.165, 1.54) is 6.42 Å². The van der Waals surface area contributed by atoms with Gasteiger partial charge in [-0.25, -0.2) is 0 Å². The molecular formula is C12H17NO2. The molecule has 1 unspecified atom stereocenters. The minimum Gasteiger partial charge on any atom is -0.508 e. The number of phenolic OH excluding ortho intramolecular Hbond substituents is 1. The van der Waals surface area contributed by atoms with Crippen molar-refractivity contribution in [2.24, 2.45) is 5.92 Å². The van der Waals surface area contributed by atoms with Gasteiger partial charge >= 0.3 is 0 Å². The Morgan fingerprint density at radius 2 is 2.40 bits per heavy atom. The SMILES string of the molecule is COc1ccc(O)c(CC2CCNC2)c1. The lowest BCUT2D eigenvalue weighted by molar-refractivity contribution is 0.409. The fraction of sp³-hybridized carbons (Fsp3) is 0.500. The highest BCUT2D eigenvalue weighted by atomic mass is 16.5. The first-order chi connectivity index (χ1) is 7.29. The van der Waals surface area contributed by atoms with Gasteiger partial charge in [-0.05, 0) is 55.6 Å². The highest BCUT2D eigenvalue weighted by Crippen LogP contribution is 2.26. The van der Waals surface area contributed by atoms with Crippen LogP contribution in [-0.2, 0) is 6.42 Å². The van der Waals surface area contributed by atoms with Gasteiger partial charge in [-0.1, -0.05) is 0 Å². The number of hydrogen-bond acceptors (Lipinski definition) is 3. The van der Waals surface area contributed by atoms with Gasteiger partial charge in [0, 0.05) is 0 Å². The van der Waals surface area contributed by atoms with Crippen molar-refractivity contribution in [1.29, 1.82) is 0 Å². The molecule has 0 radical (unpaired) electrons. The van der Waals surface area contributed by atoms with E-state index in [2.05, 4.69) is 5.32 Å². The zero-order chi connectivity index (χ0) is 10.7. The van der Waals surface area contributed by atoms with Crippen molar-refractivity contribution in [1.82, 2.24) is 5.32 Å². The standard InChI is InChI=1S/C12H17NO2/c1-15-11-2-3-12(14)10(7-11)6-9-4-5-13-8-9/h2-3,7,9,13-14H,4-6,8H2,1H3. The minimum atomic E-state index is 0.377. The Labute approximate surface area is 90.1 Å². The van der Waals surface area contributed by atoms with Crippen LogP contribution in [0.3, 0.4) is 0 Å². The second-order valence-corrected chi connectivity index (χ2v) is 4.06. The van der Waals surface area contributed by atoms with Crippen LogP contribution in [0.5, 0.6) is 11.5 Å². The van der Waals surface area contributed by atoms with E-state index in [1.54, 1.807) is 19.2 Å². The molecule has 1 saturated heterocycles. The number of ether oxygens (including phenoxy) is 1. The second kappa shape index (κ2) is 4.53. The normalized spacial score (nSPS) is 20.5. The first kappa shape index (κ1) is 10.3. The molecule has 0 amide bonds. The van der Waals surface area contributed by atoms with Gasteiger partial charge in [0.15, 0.2) is 0 Å². The predicted molar refractivity (Wildman–Crippen MR) is 59.3 cm³/mol. The van der Waals surface area contributed by atoms with Gasteiger partial charge in [0.05, 0.1) is 7.11 Å². The molecule has 82 valence electrons. The Kier molecular flexibility index (Phi) is 3.11. The fourth-order valence-electron chi connectivity index (χ4n) is 2.05. The lowest BCUT2D eigenvalue weighted by Crippen LogP contribution is -2.10. The summed E-state index contributed by atoms with van der Waals surface area (Å²) in [5.74, 6) is 1.83. The summed E-state index contributed by atoms with van der Waals surface area (Å²) < 4.78 is 5.15. The third-order valence-electron chi connectivity index (χ3n) is 2.96. The van der Waals surface area contributed by atoms with Crippen LogP contribution in [0.2, 0.25) is 0 Å². The Hall–Kier alpha value is -1.22. The maximum atomic E-state index is 9.71. The molecule has 0 bridgehead atoms. The molecule has 3 heteroatoms. The zero-order valence-corrected chi connectivity index (χ0v) is 8.99. The number of phenols is 1. The summed E-state index contributed by atoms with van der Waals surface area (Å²) in [5.41, 5.74) is 0.989. The number of methoxy groups -OCH3 is 1. The van der Waals surface area contributed by atoms with E-state index in [0.29, 0.717) is 11.7 Å². The first-order valence-electron chi connectivity index (χ1n) is 5.36. The van der Waals surface area contributed by atoms with Gasteiger partial charge in [0.1, 0.15) is 11.5 Å². The molecule has 2 N–H and O–H groups in total. The van der Waals surface area contributed by atoms with Gasteiger partial charge in [0.2, 0.25) is 0 Å². The van der Waals surface area contributed by atoms with Crippen LogP contribution in [-0.4, -0.2) is 25.3 Å². The van der Waals surface area contributed by atoms with Crippen LogP contribution in [0.4, 0.5) is 0 Å². The largest absolute Gasteiger partial charge is 0.508 e. The van der Waals surface area contributed by atoms with Crippen LogP contribution in [0, 0.1) is 5.92 Å². The van der Waals surface area contributed by atoms with E-state index in [1.807, 2.05) is 6.07 Å². The molecule has 1 aromatic rings. The second-order valence-electron chi connectivity index (χ2n) is 4.06. The molecule has 3 nitrogen and oxygen atoms in total. The molecule has 0 aliphatic carbocycles. The number of hydrogen-bond donors (Lipinski definition) is 2. The highest BCUT2D eigenvalue weighted by molar-refractivity contribution is 5.39. The number of benzene rings is 1. The molecule has 2 rings (SSSR count). The smallest absolute Gasteiger partial charge is 0.119 e. The quantitative estimate of drug-likeness (QED) is 0.790. The molecule has 1 aliphatic rings. The van der Waals surface area contributed by atoms with Gasteiger partial charge in [0.25, 0.3) is 0 Å². The van der Waals surface area contributed by atoms with Crippen LogP contribution in [0.15, 0.2) is 18.2 Å². The molecule has 0 spiro atoms. The number of rotatable bonds is 3. The maximum absolute atomic E-state index is 9.71. The Morgan fingerprint density at radius 3 is 3.07 bits per heavy atom. The molecule has 0 saturated carbocycles. The molecule has 1 aliphatic heterocycles. The first-order valence-corrected chi connectivity index (χ1v) is 5.36. The van der Waals surface area contributed by atoms with Gasteiger partial charge in [-0.3, -0.25) is 0 Å². The van der Waals surface area contributed by atoms with Crippen molar-refractivity contribution in [3.63, 3.8) is 0 Å². The van der Waals surface area contributed by atoms with Gasteiger partial charge in [-0.2, -0.15) is 0 Å². The van der Waals surface area contributed by atoms with E-state index >= 15 is 0 Å². The topological polar surface area (TPSA) is 41.5 Å². The van der Waals surface area contributed by atoms with Crippen molar-refractivity contribution in [3.8, 4) is 11.5 Å². The van der Waals surface area contributed by atoms with E-state index in [0.717, 1.165) is 30.8 Å². The minimum absolute atomic E-state index is 0.377. The summed E-state index contributed by atoms with van der Waals surface area (Å²) in [6, 6.07) is 5.41. The molecule has 0 aromatic heterocycles. The summed E-state index contributed by atoms with van der Waals surface area (Å²) in [4.78, 5) is 0. The number of nitrogens with one attached hydrogen (secondary N) is 1. The lowest BCUT2D eigenvalue weighted by Gasteiger charge is -2.11. The fourth-order valence-corrected chi connectivity index (χ4v) is 2.05. The lowest BCUT2D eigenvalue weighted by atomic mass is 9.98. The zero-order valence-electron chi connectivity index (χ0n) is 8.99. The monoisotopic (exact) mass is 207 g/mol.